The average molecular weight is 351 g/mol. The van der Waals surface area contributed by atoms with Gasteiger partial charge >= 0.3 is 0 Å². The van der Waals surface area contributed by atoms with E-state index in [-0.39, 0.29) is 0 Å². The van der Waals surface area contributed by atoms with Crippen molar-refractivity contribution in [3.8, 4) is 22.7 Å². The van der Waals surface area contributed by atoms with E-state index in [1.807, 2.05) is 29.8 Å². The van der Waals surface area contributed by atoms with Crippen molar-refractivity contribution in [3.05, 3.63) is 54.1 Å². The molecule has 3 aromatic rings. The van der Waals surface area contributed by atoms with Gasteiger partial charge in [0.1, 0.15) is 17.3 Å². The Bertz CT molecular complexity index is 904. The van der Waals surface area contributed by atoms with Gasteiger partial charge in [0.05, 0.1) is 12.3 Å². The van der Waals surface area contributed by atoms with Crippen LogP contribution in [0.25, 0.3) is 16.9 Å². The van der Waals surface area contributed by atoms with Gasteiger partial charge < -0.3 is 10.1 Å². The molecule has 25 heavy (non-hydrogen) atoms. The summed E-state index contributed by atoms with van der Waals surface area (Å²) >= 11 is 1.76. The number of thioether (sulfide) groups is 1. The first kappa shape index (κ1) is 16.1. The summed E-state index contributed by atoms with van der Waals surface area (Å²) in [5, 5.41) is 8.49. The van der Waals surface area contributed by atoms with Gasteiger partial charge in [-0.3, -0.25) is 0 Å². The van der Waals surface area contributed by atoms with E-state index >= 15 is 0 Å². The van der Waals surface area contributed by atoms with Gasteiger partial charge in [-0.25, -0.2) is 4.68 Å². The molecule has 1 aromatic heterocycles. The molecule has 1 aliphatic heterocycles. The van der Waals surface area contributed by atoms with Gasteiger partial charge in [0.15, 0.2) is 0 Å². The predicted molar refractivity (Wildman–Crippen MR) is 104 cm³/mol. The smallest absolute Gasteiger partial charge is 0.145 e. The first-order chi connectivity index (χ1) is 12.3. The van der Waals surface area contributed by atoms with Crippen LogP contribution < -0.4 is 10.1 Å². The van der Waals surface area contributed by atoms with Crippen LogP contribution in [0.2, 0.25) is 0 Å². The summed E-state index contributed by atoms with van der Waals surface area (Å²) in [5.74, 6) is 1.94. The largest absolute Gasteiger partial charge is 0.492 e. The van der Waals surface area contributed by atoms with Gasteiger partial charge in [0, 0.05) is 22.6 Å². The molecule has 0 unspecified atom stereocenters. The molecule has 1 N–H and O–H groups in total. The van der Waals surface area contributed by atoms with E-state index in [2.05, 4.69) is 41.9 Å². The maximum atomic E-state index is 5.82. The van der Waals surface area contributed by atoms with Crippen LogP contribution >= 0.6 is 11.8 Å². The summed E-state index contributed by atoms with van der Waals surface area (Å²) in [6, 6.07) is 16.5. The molecule has 0 fully saturated rings. The van der Waals surface area contributed by atoms with Crippen LogP contribution in [-0.4, -0.2) is 29.2 Å². The SMILES string of the molecule is CCOc1ccccc1-n1nc(-c2ccccc2SC)c2c1NCC2. The number of rotatable bonds is 5. The van der Waals surface area contributed by atoms with Crippen molar-refractivity contribution in [2.45, 2.75) is 18.2 Å². The third kappa shape index (κ3) is 2.78. The lowest BCUT2D eigenvalue weighted by atomic mass is 10.1. The third-order valence-electron chi connectivity index (χ3n) is 4.41. The molecule has 4 rings (SSSR count). The highest BCUT2D eigenvalue weighted by molar-refractivity contribution is 7.98. The van der Waals surface area contributed by atoms with Crippen molar-refractivity contribution in [2.75, 3.05) is 24.7 Å². The molecule has 4 nitrogen and oxygen atoms in total. The van der Waals surface area contributed by atoms with Crippen molar-refractivity contribution in [1.29, 1.82) is 0 Å². The topological polar surface area (TPSA) is 39.1 Å². The minimum absolute atomic E-state index is 0.635. The Labute approximate surface area is 152 Å². The van der Waals surface area contributed by atoms with Crippen molar-refractivity contribution < 1.29 is 4.74 Å². The zero-order chi connectivity index (χ0) is 17.2. The van der Waals surface area contributed by atoms with E-state index in [1.54, 1.807) is 11.8 Å². The Hall–Kier alpha value is -2.40. The van der Waals surface area contributed by atoms with Crippen molar-refractivity contribution in [3.63, 3.8) is 0 Å². The van der Waals surface area contributed by atoms with E-state index in [0.29, 0.717) is 6.61 Å². The predicted octanol–water partition coefficient (Wildman–Crippen LogP) is 4.63. The molecule has 5 heteroatoms. The molecule has 0 spiro atoms. The third-order valence-corrected chi connectivity index (χ3v) is 5.20. The van der Waals surface area contributed by atoms with E-state index in [0.717, 1.165) is 35.9 Å². The number of para-hydroxylation sites is 2. The number of nitrogens with one attached hydrogen (secondary N) is 1. The molecule has 0 radical (unpaired) electrons. The van der Waals surface area contributed by atoms with E-state index in [1.165, 1.54) is 16.0 Å². The molecular weight excluding hydrogens is 330 g/mol. The molecule has 0 aliphatic carbocycles. The summed E-state index contributed by atoms with van der Waals surface area (Å²) in [4.78, 5) is 1.25. The number of hydrogen-bond donors (Lipinski definition) is 1. The molecule has 1 aliphatic rings. The number of anilines is 1. The Morgan fingerprint density at radius 2 is 1.96 bits per heavy atom. The van der Waals surface area contributed by atoms with E-state index in [4.69, 9.17) is 9.84 Å². The first-order valence-corrected chi connectivity index (χ1v) is 9.77. The second kappa shape index (κ2) is 6.84. The standard InChI is InChI=1S/C20H21N3OS/c1-3-24-17-10-6-5-9-16(17)23-20-15(12-13-21-20)19(22-23)14-8-4-7-11-18(14)25-2/h4-11,21H,3,12-13H2,1-2H3. The van der Waals surface area contributed by atoms with Gasteiger partial charge in [-0.1, -0.05) is 30.3 Å². The molecule has 128 valence electrons. The van der Waals surface area contributed by atoms with Crippen LogP contribution in [0.3, 0.4) is 0 Å². The van der Waals surface area contributed by atoms with Gasteiger partial charge in [0.25, 0.3) is 0 Å². The lowest BCUT2D eigenvalue weighted by Crippen LogP contribution is -2.06. The van der Waals surface area contributed by atoms with Gasteiger partial charge in [-0.05, 0) is 37.8 Å². The number of hydrogen-bond acceptors (Lipinski definition) is 4. The van der Waals surface area contributed by atoms with Crippen molar-refractivity contribution in [2.24, 2.45) is 0 Å². The molecule has 2 heterocycles. The highest BCUT2D eigenvalue weighted by Gasteiger charge is 2.26. The van der Waals surface area contributed by atoms with E-state index in [9.17, 15) is 0 Å². The minimum atomic E-state index is 0.635. The van der Waals surface area contributed by atoms with Crippen LogP contribution in [-0.2, 0) is 6.42 Å². The number of fused-ring (bicyclic) bond motifs is 1. The number of aromatic nitrogens is 2. The Balaban J connectivity index is 1.90. The minimum Gasteiger partial charge on any atom is -0.492 e. The van der Waals surface area contributed by atoms with Crippen LogP contribution in [0.15, 0.2) is 53.4 Å². The number of ether oxygens (including phenoxy) is 1. The average Bonchev–Trinajstić information content (AvgIpc) is 3.25. The van der Waals surface area contributed by atoms with Gasteiger partial charge in [-0.15, -0.1) is 11.8 Å². The van der Waals surface area contributed by atoms with E-state index < -0.39 is 0 Å². The second-order valence-electron chi connectivity index (χ2n) is 5.87. The number of nitrogens with zero attached hydrogens (tertiary/aromatic N) is 2. The van der Waals surface area contributed by atoms with Crippen LogP contribution in [0.1, 0.15) is 12.5 Å². The fraction of sp³-hybridized carbons (Fsp3) is 0.250. The molecule has 0 bridgehead atoms. The molecule has 0 atom stereocenters. The maximum absolute atomic E-state index is 5.82. The molecular formula is C20H21N3OS. The van der Waals surface area contributed by atoms with Gasteiger partial charge in [0.2, 0.25) is 0 Å². The summed E-state index contributed by atoms with van der Waals surface area (Å²) in [6.07, 6.45) is 3.10. The lowest BCUT2D eigenvalue weighted by molar-refractivity contribution is 0.338. The highest BCUT2D eigenvalue weighted by Crippen LogP contribution is 2.39. The second-order valence-corrected chi connectivity index (χ2v) is 6.71. The van der Waals surface area contributed by atoms with Crippen LogP contribution in [0, 0.1) is 0 Å². The molecule has 2 aromatic carbocycles. The molecule has 0 saturated carbocycles. The number of benzene rings is 2. The van der Waals surface area contributed by atoms with Crippen LogP contribution in [0.5, 0.6) is 5.75 Å². The quantitative estimate of drug-likeness (QED) is 0.680. The molecule has 0 amide bonds. The monoisotopic (exact) mass is 351 g/mol. The lowest BCUT2D eigenvalue weighted by Gasteiger charge is -2.12. The highest BCUT2D eigenvalue weighted by atomic mass is 32.2. The Morgan fingerprint density at radius 1 is 1.16 bits per heavy atom. The summed E-state index contributed by atoms with van der Waals surface area (Å²) in [6.45, 7) is 3.58. The first-order valence-electron chi connectivity index (χ1n) is 8.54. The summed E-state index contributed by atoms with van der Waals surface area (Å²) < 4.78 is 7.82. The van der Waals surface area contributed by atoms with Crippen molar-refractivity contribution in [1.82, 2.24) is 9.78 Å². The fourth-order valence-electron chi connectivity index (χ4n) is 3.32. The van der Waals surface area contributed by atoms with Crippen LogP contribution in [0.4, 0.5) is 5.82 Å². The normalized spacial score (nSPS) is 12.7. The fourth-order valence-corrected chi connectivity index (χ4v) is 3.91. The Morgan fingerprint density at radius 3 is 2.80 bits per heavy atom. The Kier molecular flexibility index (Phi) is 4.40. The van der Waals surface area contributed by atoms with Crippen molar-refractivity contribution >= 4 is 17.6 Å². The van der Waals surface area contributed by atoms with Gasteiger partial charge in [-0.2, -0.15) is 5.10 Å². The zero-order valence-corrected chi connectivity index (χ0v) is 15.3. The summed E-state index contributed by atoms with van der Waals surface area (Å²) in [5.41, 5.74) is 4.52. The zero-order valence-electron chi connectivity index (χ0n) is 14.5. The molecule has 0 saturated heterocycles. The summed E-state index contributed by atoms with van der Waals surface area (Å²) in [7, 11) is 0. The maximum Gasteiger partial charge on any atom is 0.145 e.